The van der Waals surface area contributed by atoms with Crippen molar-refractivity contribution in [2.45, 2.75) is 27.2 Å². The van der Waals surface area contributed by atoms with E-state index in [9.17, 15) is 9.59 Å². The molecule has 1 rings (SSSR count). The summed E-state index contributed by atoms with van der Waals surface area (Å²) in [6.45, 7) is 5.93. The van der Waals surface area contributed by atoms with Crippen molar-refractivity contribution in [3.8, 4) is 5.75 Å². The molecule has 0 aromatic heterocycles. The average Bonchev–Trinajstić information content (AvgIpc) is 2.32. The second kappa shape index (κ2) is 6.22. The standard InChI is InChI=1S/C14H19NO4/c1-9-7-11(3)12(8-10(9)2)19-14(18)15(4)6-5-13(16)17/h7-8H,5-6H2,1-4H3,(H,16,17). The van der Waals surface area contributed by atoms with Crippen LogP contribution in [0, 0.1) is 20.8 Å². The van der Waals surface area contributed by atoms with Crippen molar-refractivity contribution in [1.29, 1.82) is 0 Å². The fourth-order valence-corrected chi connectivity index (χ4v) is 1.57. The maximum atomic E-state index is 11.8. The number of rotatable bonds is 4. The van der Waals surface area contributed by atoms with Crippen molar-refractivity contribution in [3.63, 3.8) is 0 Å². The number of nitrogens with zero attached hydrogens (tertiary/aromatic N) is 1. The third-order valence-corrected chi connectivity index (χ3v) is 2.96. The average molecular weight is 265 g/mol. The first-order chi connectivity index (χ1) is 8.81. The second-order valence-electron chi connectivity index (χ2n) is 4.64. The molecule has 104 valence electrons. The van der Waals surface area contributed by atoms with Crippen LogP contribution in [0.3, 0.4) is 0 Å². The lowest BCUT2D eigenvalue weighted by molar-refractivity contribution is -0.137. The van der Waals surface area contributed by atoms with Gasteiger partial charge >= 0.3 is 12.1 Å². The van der Waals surface area contributed by atoms with E-state index in [0.717, 1.165) is 16.7 Å². The lowest BCUT2D eigenvalue weighted by Gasteiger charge is -2.17. The van der Waals surface area contributed by atoms with Crippen LogP contribution in [-0.4, -0.2) is 35.7 Å². The van der Waals surface area contributed by atoms with Gasteiger partial charge < -0.3 is 14.7 Å². The van der Waals surface area contributed by atoms with E-state index in [0.29, 0.717) is 5.75 Å². The molecule has 0 aliphatic rings. The molecular formula is C14H19NO4. The molecule has 0 unspecified atom stereocenters. The molecule has 19 heavy (non-hydrogen) atoms. The van der Waals surface area contributed by atoms with Gasteiger partial charge in [0, 0.05) is 13.6 Å². The highest BCUT2D eigenvalue weighted by atomic mass is 16.6. The lowest BCUT2D eigenvalue weighted by Crippen LogP contribution is -2.31. The fourth-order valence-electron chi connectivity index (χ4n) is 1.57. The van der Waals surface area contributed by atoms with Gasteiger partial charge in [-0.25, -0.2) is 4.79 Å². The van der Waals surface area contributed by atoms with E-state index in [-0.39, 0.29) is 13.0 Å². The van der Waals surface area contributed by atoms with E-state index in [2.05, 4.69) is 0 Å². The van der Waals surface area contributed by atoms with Gasteiger partial charge in [-0.2, -0.15) is 0 Å². The van der Waals surface area contributed by atoms with Gasteiger partial charge in [-0.3, -0.25) is 4.79 Å². The predicted octanol–water partition coefficient (Wildman–Crippen LogP) is 2.52. The van der Waals surface area contributed by atoms with Gasteiger partial charge in [-0.05, 0) is 43.5 Å². The summed E-state index contributed by atoms with van der Waals surface area (Å²) in [5.74, 6) is -0.433. The van der Waals surface area contributed by atoms with Crippen LogP contribution in [0.1, 0.15) is 23.1 Å². The molecule has 0 fully saturated rings. The molecule has 1 aromatic rings. The van der Waals surface area contributed by atoms with Crippen LogP contribution in [0.4, 0.5) is 4.79 Å². The van der Waals surface area contributed by atoms with Crippen LogP contribution < -0.4 is 4.74 Å². The minimum absolute atomic E-state index is 0.0997. The molecule has 0 heterocycles. The summed E-state index contributed by atoms with van der Waals surface area (Å²) in [6, 6.07) is 3.77. The van der Waals surface area contributed by atoms with E-state index < -0.39 is 12.1 Å². The summed E-state index contributed by atoms with van der Waals surface area (Å²) in [6.07, 6.45) is -0.648. The third-order valence-electron chi connectivity index (χ3n) is 2.96. The maximum absolute atomic E-state index is 11.8. The van der Waals surface area contributed by atoms with Crippen molar-refractivity contribution >= 4 is 12.1 Å². The molecule has 0 aliphatic heterocycles. The van der Waals surface area contributed by atoms with Gasteiger partial charge in [0.15, 0.2) is 0 Å². The topological polar surface area (TPSA) is 66.8 Å². The number of hydrogen-bond acceptors (Lipinski definition) is 3. The van der Waals surface area contributed by atoms with Crippen LogP contribution in [0.2, 0.25) is 0 Å². The van der Waals surface area contributed by atoms with E-state index >= 15 is 0 Å². The number of carboxylic acids is 1. The predicted molar refractivity (Wildman–Crippen MR) is 71.6 cm³/mol. The highest BCUT2D eigenvalue weighted by Gasteiger charge is 2.14. The second-order valence-corrected chi connectivity index (χ2v) is 4.64. The van der Waals surface area contributed by atoms with E-state index in [4.69, 9.17) is 9.84 Å². The Morgan fingerprint density at radius 1 is 1.16 bits per heavy atom. The summed E-state index contributed by atoms with van der Waals surface area (Å²) in [5.41, 5.74) is 3.06. The summed E-state index contributed by atoms with van der Waals surface area (Å²) >= 11 is 0. The monoisotopic (exact) mass is 265 g/mol. The Balaban J connectivity index is 2.71. The molecule has 1 N–H and O–H groups in total. The van der Waals surface area contributed by atoms with E-state index in [1.165, 1.54) is 11.9 Å². The molecule has 0 saturated heterocycles. The Hall–Kier alpha value is -2.04. The molecule has 0 bridgehead atoms. The van der Waals surface area contributed by atoms with Crippen LogP contribution in [0.5, 0.6) is 5.75 Å². The van der Waals surface area contributed by atoms with Gasteiger partial charge in [-0.1, -0.05) is 6.07 Å². The van der Waals surface area contributed by atoms with Crippen LogP contribution >= 0.6 is 0 Å². The Morgan fingerprint density at radius 3 is 2.32 bits per heavy atom. The smallest absolute Gasteiger partial charge is 0.414 e. The zero-order chi connectivity index (χ0) is 14.6. The Morgan fingerprint density at radius 2 is 1.74 bits per heavy atom. The van der Waals surface area contributed by atoms with Crippen molar-refractivity contribution in [3.05, 3.63) is 28.8 Å². The number of carboxylic acid groups (broad SMARTS) is 1. The molecular weight excluding hydrogens is 246 g/mol. The number of carbonyl (C=O) groups excluding carboxylic acids is 1. The molecule has 0 radical (unpaired) electrons. The Bertz CT molecular complexity index is 496. The molecule has 1 aromatic carbocycles. The van der Waals surface area contributed by atoms with E-state index in [1.54, 1.807) is 0 Å². The molecule has 0 aliphatic carbocycles. The molecule has 0 atom stereocenters. The molecule has 0 spiro atoms. The van der Waals surface area contributed by atoms with Crippen molar-refractivity contribution in [2.75, 3.05) is 13.6 Å². The highest BCUT2D eigenvalue weighted by molar-refractivity contribution is 5.72. The first-order valence-electron chi connectivity index (χ1n) is 6.04. The van der Waals surface area contributed by atoms with Gasteiger partial charge in [0.25, 0.3) is 0 Å². The van der Waals surface area contributed by atoms with Crippen LogP contribution in [-0.2, 0) is 4.79 Å². The fraction of sp³-hybridized carbons (Fsp3) is 0.429. The minimum atomic E-state index is -0.943. The summed E-state index contributed by atoms with van der Waals surface area (Å²) in [4.78, 5) is 23.5. The number of aliphatic carboxylic acids is 1. The number of amides is 1. The summed E-state index contributed by atoms with van der Waals surface area (Å²) < 4.78 is 5.27. The number of hydrogen-bond donors (Lipinski definition) is 1. The third kappa shape index (κ3) is 4.28. The van der Waals surface area contributed by atoms with Crippen LogP contribution in [0.15, 0.2) is 12.1 Å². The SMILES string of the molecule is Cc1cc(C)c(OC(=O)N(C)CCC(=O)O)cc1C. The van der Waals surface area contributed by atoms with Gasteiger partial charge in [-0.15, -0.1) is 0 Å². The Kier molecular flexibility index (Phi) is 4.92. The first kappa shape index (κ1) is 15.0. The number of aryl methyl sites for hydroxylation is 3. The maximum Gasteiger partial charge on any atom is 0.414 e. The zero-order valence-electron chi connectivity index (χ0n) is 11.7. The summed E-state index contributed by atoms with van der Waals surface area (Å²) in [7, 11) is 1.52. The number of carbonyl (C=O) groups is 2. The minimum Gasteiger partial charge on any atom is -0.481 e. The summed E-state index contributed by atoms with van der Waals surface area (Å²) in [5, 5.41) is 8.57. The van der Waals surface area contributed by atoms with Crippen LogP contribution in [0.25, 0.3) is 0 Å². The first-order valence-corrected chi connectivity index (χ1v) is 6.04. The normalized spacial score (nSPS) is 10.1. The Labute approximate surface area is 112 Å². The molecule has 5 heteroatoms. The largest absolute Gasteiger partial charge is 0.481 e. The van der Waals surface area contributed by atoms with Crippen molar-refractivity contribution in [2.24, 2.45) is 0 Å². The lowest BCUT2D eigenvalue weighted by atomic mass is 10.1. The van der Waals surface area contributed by atoms with Gasteiger partial charge in [0.1, 0.15) is 5.75 Å². The molecule has 1 amide bonds. The van der Waals surface area contributed by atoms with E-state index in [1.807, 2.05) is 32.9 Å². The number of benzene rings is 1. The van der Waals surface area contributed by atoms with Gasteiger partial charge in [0.05, 0.1) is 6.42 Å². The number of ether oxygens (including phenoxy) is 1. The van der Waals surface area contributed by atoms with Crippen molar-refractivity contribution < 1.29 is 19.4 Å². The quantitative estimate of drug-likeness (QED) is 0.908. The highest BCUT2D eigenvalue weighted by Crippen LogP contribution is 2.22. The zero-order valence-corrected chi connectivity index (χ0v) is 11.7. The van der Waals surface area contributed by atoms with Crippen molar-refractivity contribution in [1.82, 2.24) is 4.90 Å². The molecule has 5 nitrogen and oxygen atoms in total. The van der Waals surface area contributed by atoms with Gasteiger partial charge in [0.2, 0.25) is 0 Å². The molecule has 0 saturated carbocycles.